The minimum absolute atomic E-state index is 0.00750. The van der Waals surface area contributed by atoms with Crippen LogP contribution in [-0.2, 0) is 31.6 Å². The van der Waals surface area contributed by atoms with Crippen molar-refractivity contribution in [1.29, 1.82) is 0 Å². The minimum Gasteiger partial charge on any atom is -0.390 e. The van der Waals surface area contributed by atoms with Crippen LogP contribution in [0.3, 0.4) is 0 Å². The molecule has 2 unspecified atom stereocenters. The third-order valence-corrected chi connectivity index (χ3v) is 7.62. The molecule has 1 aliphatic rings. The maximum absolute atomic E-state index is 11.8. The summed E-state index contributed by atoms with van der Waals surface area (Å²) in [6, 6.07) is 0. The van der Waals surface area contributed by atoms with Crippen LogP contribution >= 0.6 is 39.4 Å². The second-order valence-electron chi connectivity index (χ2n) is 5.46. The van der Waals surface area contributed by atoms with Gasteiger partial charge < -0.3 is 29.4 Å². The summed E-state index contributed by atoms with van der Waals surface area (Å²) < 4.78 is 51.2. The van der Waals surface area contributed by atoms with Crippen molar-refractivity contribution in [2.75, 3.05) is 6.61 Å². The van der Waals surface area contributed by atoms with Crippen molar-refractivity contribution in [2.24, 2.45) is 0 Å². The van der Waals surface area contributed by atoms with Crippen molar-refractivity contribution in [1.82, 2.24) is 9.55 Å². The highest BCUT2D eigenvalue weighted by Crippen LogP contribution is 2.66. The molecule has 0 aliphatic carbocycles. The van der Waals surface area contributed by atoms with Crippen molar-refractivity contribution >= 4 is 39.4 Å². The van der Waals surface area contributed by atoms with Gasteiger partial charge in [-0.25, -0.2) is 18.5 Å². The first-order valence-electron chi connectivity index (χ1n) is 7.21. The molecule has 5 atom stereocenters. The SMILES string of the molecule is O=c1[nH]c(=O)n([C@@H]2C[C@H](O)[C@H](COP(=O)(O)OP(=O)(O)OP(=O)(O)O)O2)cc1Br. The molecular formula is C9H14BrN2O14P3. The number of H-pyrrole nitrogens is 1. The van der Waals surface area contributed by atoms with Crippen LogP contribution in [0.5, 0.6) is 0 Å². The van der Waals surface area contributed by atoms with Crippen LogP contribution < -0.4 is 11.2 Å². The molecule has 16 nitrogen and oxygen atoms in total. The molecule has 0 saturated carbocycles. The summed E-state index contributed by atoms with van der Waals surface area (Å²) in [5, 5.41) is 9.97. The van der Waals surface area contributed by atoms with Gasteiger partial charge in [-0.15, -0.1) is 0 Å². The lowest BCUT2D eigenvalue weighted by atomic mass is 10.2. The fourth-order valence-electron chi connectivity index (χ4n) is 2.18. The van der Waals surface area contributed by atoms with Crippen LogP contribution in [0.2, 0.25) is 0 Å². The zero-order valence-electron chi connectivity index (χ0n) is 13.8. The Labute approximate surface area is 168 Å². The zero-order chi connectivity index (χ0) is 22.2. The van der Waals surface area contributed by atoms with E-state index in [1.807, 2.05) is 4.98 Å². The highest BCUT2D eigenvalue weighted by atomic mass is 79.9. The number of aromatic amines is 1. The molecule has 29 heavy (non-hydrogen) atoms. The van der Waals surface area contributed by atoms with Gasteiger partial charge in [0.2, 0.25) is 0 Å². The summed E-state index contributed by atoms with van der Waals surface area (Å²) in [5.41, 5.74) is -1.56. The first-order chi connectivity index (χ1) is 13.1. The minimum atomic E-state index is -5.68. The Morgan fingerprint density at radius 1 is 1.17 bits per heavy atom. The number of halogens is 1. The number of phosphoric ester groups is 1. The molecule has 1 aliphatic heterocycles. The van der Waals surface area contributed by atoms with Crippen LogP contribution in [-0.4, -0.2) is 53.0 Å². The van der Waals surface area contributed by atoms with Crippen molar-refractivity contribution in [3.8, 4) is 0 Å². The molecule has 20 heteroatoms. The summed E-state index contributed by atoms with van der Waals surface area (Å²) in [6.07, 6.45) is -2.83. The Morgan fingerprint density at radius 3 is 2.38 bits per heavy atom. The first-order valence-corrected chi connectivity index (χ1v) is 12.5. The van der Waals surface area contributed by atoms with Crippen molar-refractivity contribution in [3.63, 3.8) is 0 Å². The van der Waals surface area contributed by atoms with E-state index in [4.69, 9.17) is 19.4 Å². The second-order valence-corrected chi connectivity index (χ2v) is 10.7. The van der Waals surface area contributed by atoms with Crippen molar-refractivity contribution in [2.45, 2.75) is 24.9 Å². The molecule has 6 N–H and O–H groups in total. The summed E-state index contributed by atoms with van der Waals surface area (Å²) >= 11 is 2.91. The molecule has 1 aromatic rings. The van der Waals surface area contributed by atoms with Gasteiger partial charge in [-0.2, -0.15) is 8.62 Å². The molecule has 0 amide bonds. The molecule has 2 heterocycles. The Bertz CT molecular complexity index is 1020. The number of aromatic nitrogens is 2. The average molecular weight is 547 g/mol. The largest absolute Gasteiger partial charge is 0.490 e. The number of phosphoric acid groups is 3. The number of hydrogen-bond donors (Lipinski definition) is 6. The summed E-state index contributed by atoms with van der Waals surface area (Å²) in [4.78, 5) is 60.5. The predicted molar refractivity (Wildman–Crippen MR) is 93.4 cm³/mol. The smallest absolute Gasteiger partial charge is 0.390 e. The van der Waals surface area contributed by atoms with Gasteiger partial charge in [-0.05, 0) is 15.9 Å². The normalized spacial score (nSPS) is 26.8. The van der Waals surface area contributed by atoms with E-state index in [0.29, 0.717) is 0 Å². The lowest BCUT2D eigenvalue weighted by molar-refractivity contribution is -0.0450. The predicted octanol–water partition coefficient (Wildman–Crippen LogP) is -0.709. The van der Waals surface area contributed by atoms with E-state index in [1.54, 1.807) is 0 Å². The third kappa shape index (κ3) is 7.29. The van der Waals surface area contributed by atoms with E-state index in [-0.39, 0.29) is 10.9 Å². The van der Waals surface area contributed by atoms with Crippen molar-refractivity contribution in [3.05, 3.63) is 31.5 Å². The Balaban J connectivity index is 2.03. The fraction of sp³-hybridized carbons (Fsp3) is 0.556. The molecule has 0 aromatic carbocycles. The molecule has 0 bridgehead atoms. The highest BCUT2D eigenvalue weighted by molar-refractivity contribution is 9.10. The van der Waals surface area contributed by atoms with E-state index in [0.717, 1.165) is 10.8 Å². The Morgan fingerprint density at radius 2 is 1.79 bits per heavy atom. The van der Waals surface area contributed by atoms with E-state index in [1.165, 1.54) is 0 Å². The van der Waals surface area contributed by atoms with Gasteiger partial charge in [0.1, 0.15) is 12.3 Å². The molecule has 0 radical (unpaired) electrons. The fourth-order valence-corrected chi connectivity index (χ4v) is 5.53. The Kier molecular flexibility index (Phi) is 7.62. The van der Waals surface area contributed by atoms with Gasteiger partial charge in [-0.1, -0.05) is 0 Å². The molecule has 2 rings (SSSR count). The van der Waals surface area contributed by atoms with Crippen LogP contribution in [0.4, 0.5) is 0 Å². The van der Waals surface area contributed by atoms with Gasteiger partial charge in [0.15, 0.2) is 0 Å². The standard InChI is InChI=1S/C9H14BrN2O14P3/c10-4-2-12(9(15)11-8(4)14)7-1-5(13)6(24-7)3-23-28(19,20)26-29(21,22)25-27(16,17)18/h2,5-7,13H,1,3H2,(H,19,20)(H,21,22)(H,11,14,15)(H2,16,17,18)/t5-,6-,7-/m0/s1. The number of nitrogens with one attached hydrogen (secondary N) is 1. The van der Waals surface area contributed by atoms with Gasteiger partial charge in [-0.3, -0.25) is 18.9 Å². The zero-order valence-corrected chi connectivity index (χ0v) is 18.1. The van der Waals surface area contributed by atoms with Gasteiger partial charge in [0, 0.05) is 12.6 Å². The van der Waals surface area contributed by atoms with E-state index in [9.17, 15) is 33.3 Å². The van der Waals surface area contributed by atoms with E-state index in [2.05, 4.69) is 29.1 Å². The molecule has 1 fully saturated rings. The summed E-state index contributed by atoms with van der Waals surface area (Å²) in [7, 11) is -16.6. The quantitative estimate of drug-likeness (QED) is 0.220. The maximum Gasteiger partial charge on any atom is 0.490 e. The van der Waals surface area contributed by atoms with E-state index >= 15 is 0 Å². The van der Waals surface area contributed by atoms with E-state index < -0.39 is 59.8 Å². The van der Waals surface area contributed by atoms with Crippen LogP contribution in [0, 0.1) is 0 Å². The molecule has 1 aromatic heterocycles. The number of rotatable bonds is 8. The van der Waals surface area contributed by atoms with Crippen LogP contribution in [0.1, 0.15) is 12.6 Å². The second kappa shape index (κ2) is 8.93. The van der Waals surface area contributed by atoms with Gasteiger partial charge in [0.25, 0.3) is 5.56 Å². The number of hydrogen-bond acceptors (Lipinski definition) is 10. The Hall–Kier alpha value is -0.510. The number of ether oxygens (including phenoxy) is 1. The van der Waals surface area contributed by atoms with Crippen LogP contribution in [0.15, 0.2) is 20.3 Å². The summed E-state index contributed by atoms with van der Waals surface area (Å²) in [5.74, 6) is 0. The number of aliphatic hydroxyl groups excluding tert-OH is 1. The molecule has 0 spiro atoms. The van der Waals surface area contributed by atoms with Gasteiger partial charge >= 0.3 is 29.2 Å². The maximum atomic E-state index is 11.8. The lowest BCUT2D eigenvalue weighted by Gasteiger charge is -2.19. The van der Waals surface area contributed by atoms with Gasteiger partial charge in [0.05, 0.1) is 17.2 Å². The summed E-state index contributed by atoms with van der Waals surface area (Å²) in [6.45, 7) is -0.888. The van der Waals surface area contributed by atoms with Crippen LogP contribution in [0.25, 0.3) is 0 Å². The average Bonchev–Trinajstić information content (AvgIpc) is 2.86. The third-order valence-electron chi connectivity index (χ3n) is 3.26. The molecule has 1 saturated heterocycles. The molecular weight excluding hydrogens is 533 g/mol. The monoisotopic (exact) mass is 546 g/mol. The highest BCUT2D eigenvalue weighted by Gasteiger charge is 2.42. The number of aliphatic hydroxyl groups is 1. The topological polar surface area (TPSA) is 244 Å². The molecule has 166 valence electrons. The first kappa shape index (κ1) is 24.8. The van der Waals surface area contributed by atoms with Crippen molar-refractivity contribution < 1.29 is 56.3 Å². The lowest BCUT2D eigenvalue weighted by Crippen LogP contribution is -2.32. The number of nitrogens with zero attached hydrogens (tertiary/aromatic N) is 1.